The molecule has 0 saturated heterocycles. The lowest BCUT2D eigenvalue weighted by molar-refractivity contribution is 0.603. The molecule has 0 radical (unpaired) electrons. The van der Waals surface area contributed by atoms with E-state index >= 15 is 0 Å². The van der Waals surface area contributed by atoms with E-state index in [0.29, 0.717) is 0 Å². The molecule has 0 fully saturated rings. The molecule has 11 heavy (non-hydrogen) atoms. The number of aromatic amines is 1. The predicted octanol–water partition coefficient (Wildman–Crippen LogP) is 1.48. The summed E-state index contributed by atoms with van der Waals surface area (Å²) in [7, 11) is 0.0194. The first kappa shape index (κ1) is 6.50. The molecule has 0 aliphatic carbocycles. The minimum atomic E-state index is 0.0194. The Morgan fingerprint density at radius 1 is 1.45 bits per heavy atom. The Hall–Kier alpha value is -1.21. The third-order valence-electron chi connectivity index (χ3n) is 1.53. The summed E-state index contributed by atoms with van der Waals surface area (Å²) in [5.74, 6) is 0. The first-order valence-electron chi connectivity index (χ1n) is 3.17. The number of rotatable bonds is 1. The Morgan fingerprint density at radius 3 is 3.18 bits per heavy atom. The minimum Gasteiger partial charge on any atom is -0.345 e. The minimum absolute atomic E-state index is 0.0194. The number of aromatic nitrogens is 2. The molecule has 0 saturated carbocycles. The van der Waals surface area contributed by atoms with Gasteiger partial charge in [-0.25, -0.2) is 4.98 Å². The highest BCUT2D eigenvalue weighted by Gasteiger charge is 2.00. The molecule has 0 aliphatic heterocycles. The van der Waals surface area contributed by atoms with E-state index in [-0.39, 0.29) is 8.46 Å². The number of H-pyrrole nitrogens is 1. The van der Waals surface area contributed by atoms with Crippen LogP contribution in [0.5, 0.6) is 0 Å². The van der Waals surface area contributed by atoms with Crippen LogP contribution in [-0.2, 0) is 4.57 Å². The third kappa shape index (κ3) is 0.938. The van der Waals surface area contributed by atoms with E-state index in [0.717, 1.165) is 16.3 Å². The van der Waals surface area contributed by atoms with E-state index < -0.39 is 0 Å². The quantitative estimate of drug-likeness (QED) is 0.649. The van der Waals surface area contributed by atoms with E-state index in [2.05, 4.69) is 9.97 Å². The zero-order valence-electron chi connectivity index (χ0n) is 5.61. The second kappa shape index (κ2) is 2.44. The topological polar surface area (TPSA) is 45.8 Å². The molecular weight excluding hydrogens is 159 g/mol. The fraction of sp³-hybridized carbons (Fsp3) is 0. The zero-order chi connectivity index (χ0) is 7.68. The molecule has 4 heteroatoms. The van der Waals surface area contributed by atoms with Crippen molar-refractivity contribution in [3.63, 3.8) is 0 Å². The second-order valence-corrected chi connectivity index (χ2v) is 2.83. The molecule has 1 N–H and O–H groups in total. The van der Waals surface area contributed by atoms with Gasteiger partial charge in [-0.3, -0.25) is 4.57 Å². The molecule has 1 aromatic carbocycles. The van der Waals surface area contributed by atoms with Gasteiger partial charge in [-0.05, 0) is 12.1 Å². The standard InChI is InChI=1S/C7H5N2OP/c10-11-6-3-1-2-5-7(6)9-4-8-5/h1-4H,(H,8,9). The highest BCUT2D eigenvalue weighted by molar-refractivity contribution is 7.34. The third-order valence-corrected chi connectivity index (χ3v) is 2.08. The molecule has 0 unspecified atom stereocenters. The normalized spacial score (nSPS) is 10.9. The number of fused-ring (bicyclic) bond motifs is 1. The molecule has 0 bridgehead atoms. The highest BCUT2D eigenvalue weighted by Crippen LogP contribution is 2.09. The number of nitrogens with zero attached hydrogens (tertiary/aromatic N) is 1. The van der Waals surface area contributed by atoms with Crippen molar-refractivity contribution in [2.75, 3.05) is 0 Å². The van der Waals surface area contributed by atoms with Crippen LogP contribution in [0.4, 0.5) is 0 Å². The summed E-state index contributed by atoms with van der Waals surface area (Å²) in [5.41, 5.74) is 1.70. The lowest BCUT2D eigenvalue weighted by atomic mass is 10.3. The van der Waals surface area contributed by atoms with E-state index in [9.17, 15) is 4.57 Å². The monoisotopic (exact) mass is 164 g/mol. The lowest BCUT2D eigenvalue weighted by Crippen LogP contribution is -1.91. The number of imidazole rings is 1. The van der Waals surface area contributed by atoms with Gasteiger partial charge in [0.1, 0.15) is 5.52 Å². The average molecular weight is 164 g/mol. The van der Waals surface area contributed by atoms with Crippen molar-refractivity contribution in [3.05, 3.63) is 24.5 Å². The molecular formula is C7H5N2OP. The van der Waals surface area contributed by atoms with Gasteiger partial charge in [0, 0.05) is 0 Å². The Morgan fingerprint density at radius 2 is 2.36 bits per heavy atom. The van der Waals surface area contributed by atoms with Crippen LogP contribution in [0.25, 0.3) is 11.0 Å². The van der Waals surface area contributed by atoms with Gasteiger partial charge in [-0.15, -0.1) is 0 Å². The average Bonchev–Trinajstić information content (AvgIpc) is 2.50. The molecule has 1 heterocycles. The molecule has 2 rings (SSSR count). The van der Waals surface area contributed by atoms with Gasteiger partial charge in [0.05, 0.1) is 17.1 Å². The number of para-hydroxylation sites is 1. The van der Waals surface area contributed by atoms with Crippen LogP contribution in [-0.4, -0.2) is 9.97 Å². The van der Waals surface area contributed by atoms with Crippen LogP contribution < -0.4 is 5.30 Å². The van der Waals surface area contributed by atoms with Gasteiger partial charge in [0.2, 0.25) is 0 Å². The van der Waals surface area contributed by atoms with Gasteiger partial charge in [0.15, 0.2) is 8.46 Å². The molecule has 54 valence electrons. The smallest absolute Gasteiger partial charge is 0.194 e. The van der Waals surface area contributed by atoms with Crippen molar-refractivity contribution in [1.29, 1.82) is 0 Å². The van der Waals surface area contributed by atoms with Crippen molar-refractivity contribution < 1.29 is 4.57 Å². The first-order chi connectivity index (χ1) is 5.42. The molecule has 0 atom stereocenters. The summed E-state index contributed by atoms with van der Waals surface area (Å²) in [6.45, 7) is 0. The maximum absolute atomic E-state index is 10.6. The predicted molar refractivity (Wildman–Crippen MR) is 43.3 cm³/mol. The van der Waals surface area contributed by atoms with Gasteiger partial charge in [-0.2, -0.15) is 0 Å². The maximum Gasteiger partial charge on any atom is 0.194 e. The Kier molecular flexibility index (Phi) is 1.44. The van der Waals surface area contributed by atoms with Crippen molar-refractivity contribution in [2.24, 2.45) is 0 Å². The van der Waals surface area contributed by atoms with Gasteiger partial charge in [-0.1, -0.05) is 6.07 Å². The Balaban J connectivity index is 2.88. The summed E-state index contributed by atoms with van der Waals surface area (Å²) in [6, 6.07) is 5.54. The van der Waals surface area contributed by atoms with Gasteiger partial charge in [0.25, 0.3) is 0 Å². The van der Waals surface area contributed by atoms with Crippen LogP contribution in [0.15, 0.2) is 24.5 Å². The van der Waals surface area contributed by atoms with E-state index in [1.165, 1.54) is 0 Å². The molecule has 0 amide bonds. The van der Waals surface area contributed by atoms with E-state index in [1.54, 1.807) is 12.4 Å². The van der Waals surface area contributed by atoms with E-state index in [1.807, 2.05) is 12.1 Å². The number of nitrogens with one attached hydrogen (secondary N) is 1. The molecule has 1 aromatic heterocycles. The molecule has 2 aromatic rings. The number of hydrogen-bond acceptors (Lipinski definition) is 2. The Labute approximate surface area is 64.7 Å². The molecule has 0 aliphatic rings. The SMILES string of the molecule is O=Pc1cccc2[nH]cnc12. The van der Waals surface area contributed by atoms with Crippen molar-refractivity contribution >= 4 is 24.8 Å². The van der Waals surface area contributed by atoms with E-state index in [4.69, 9.17) is 0 Å². The van der Waals surface area contributed by atoms with Crippen molar-refractivity contribution in [2.45, 2.75) is 0 Å². The largest absolute Gasteiger partial charge is 0.345 e. The fourth-order valence-corrected chi connectivity index (χ4v) is 1.44. The van der Waals surface area contributed by atoms with Crippen LogP contribution in [0, 0.1) is 0 Å². The lowest BCUT2D eigenvalue weighted by Gasteiger charge is -1.88. The van der Waals surface area contributed by atoms with Crippen LogP contribution in [0.2, 0.25) is 0 Å². The highest BCUT2D eigenvalue weighted by atomic mass is 31.1. The molecule has 0 spiro atoms. The van der Waals surface area contributed by atoms with Crippen molar-refractivity contribution in [1.82, 2.24) is 9.97 Å². The summed E-state index contributed by atoms with van der Waals surface area (Å²) in [5, 5.41) is 0.726. The zero-order valence-corrected chi connectivity index (χ0v) is 6.51. The van der Waals surface area contributed by atoms with Crippen molar-refractivity contribution in [3.8, 4) is 0 Å². The number of benzene rings is 1. The van der Waals surface area contributed by atoms with Crippen LogP contribution in [0.1, 0.15) is 0 Å². The van der Waals surface area contributed by atoms with Gasteiger partial charge < -0.3 is 4.98 Å². The summed E-state index contributed by atoms with van der Waals surface area (Å²) in [6.07, 6.45) is 1.60. The summed E-state index contributed by atoms with van der Waals surface area (Å²) >= 11 is 0. The first-order valence-corrected chi connectivity index (χ1v) is 3.98. The maximum atomic E-state index is 10.6. The fourth-order valence-electron chi connectivity index (χ4n) is 1.02. The summed E-state index contributed by atoms with van der Waals surface area (Å²) < 4.78 is 10.6. The second-order valence-electron chi connectivity index (χ2n) is 2.17. The van der Waals surface area contributed by atoms with Crippen LogP contribution in [0.3, 0.4) is 0 Å². The molecule has 3 nitrogen and oxygen atoms in total. The number of hydrogen-bond donors (Lipinski definition) is 1. The Bertz CT molecular complexity index is 396. The summed E-state index contributed by atoms with van der Waals surface area (Å²) in [4.78, 5) is 6.97. The van der Waals surface area contributed by atoms with Crippen LogP contribution >= 0.6 is 8.46 Å². The van der Waals surface area contributed by atoms with Gasteiger partial charge >= 0.3 is 0 Å².